The van der Waals surface area contributed by atoms with E-state index in [1.54, 1.807) is 0 Å². The molecule has 0 amide bonds. The Labute approximate surface area is 159 Å². The van der Waals surface area contributed by atoms with E-state index in [2.05, 4.69) is 0 Å². The van der Waals surface area contributed by atoms with Crippen LogP contribution in [0.3, 0.4) is 0 Å². The first-order chi connectivity index (χ1) is 13.3. The number of ether oxygens (including phenoxy) is 2. The number of hydrogen-bond acceptors (Lipinski definition) is 8. The molecule has 0 heterocycles. The molecule has 2 aromatic carbocycles. The van der Waals surface area contributed by atoms with E-state index in [4.69, 9.17) is 18.5 Å². The number of nitro benzene ring substituents is 1. The summed E-state index contributed by atoms with van der Waals surface area (Å²) in [6.45, 7) is -0.579. The molecular formula is C17H17FNO8P. The van der Waals surface area contributed by atoms with Crippen LogP contribution < -0.4 is 4.74 Å². The Kier molecular flexibility index (Phi) is 7.22. The second-order valence-electron chi connectivity index (χ2n) is 5.34. The maximum Gasteiger partial charge on any atom is 0.375 e. The molecule has 0 saturated heterocycles. The van der Waals surface area contributed by atoms with Crippen LogP contribution in [0.25, 0.3) is 0 Å². The van der Waals surface area contributed by atoms with Gasteiger partial charge in [0.2, 0.25) is 5.85 Å². The zero-order valence-corrected chi connectivity index (χ0v) is 15.8. The van der Waals surface area contributed by atoms with Crippen LogP contribution in [0.1, 0.15) is 11.4 Å². The van der Waals surface area contributed by atoms with E-state index in [0.29, 0.717) is 0 Å². The molecule has 0 radical (unpaired) electrons. The Morgan fingerprint density at radius 1 is 1.18 bits per heavy atom. The van der Waals surface area contributed by atoms with Crippen LogP contribution in [0.2, 0.25) is 0 Å². The summed E-state index contributed by atoms with van der Waals surface area (Å²) in [5, 5.41) is 11.0. The number of halogens is 1. The zero-order chi connectivity index (χ0) is 20.7. The van der Waals surface area contributed by atoms with E-state index in [9.17, 15) is 23.9 Å². The van der Waals surface area contributed by atoms with Crippen molar-refractivity contribution in [3.63, 3.8) is 0 Å². The zero-order valence-electron chi connectivity index (χ0n) is 14.9. The second-order valence-corrected chi connectivity index (χ2v) is 7.62. The Morgan fingerprint density at radius 2 is 1.82 bits per heavy atom. The van der Waals surface area contributed by atoms with Crippen LogP contribution in [-0.4, -0.2) is 31.7 Å². The molecule has 0 aliphatic carbocycles. The van der Waals surface area contributed by atoms with E-state index in [0.717, 1.165) is 32.4 Å². The molecule has 11 heteroatoms. The molecule has 1 unspecified atom stereocenters. The van der Waals surface area contributed by atoms with Crippen LogP contribution in [0.15, 0.2) is 48.5 Å². The predicted molar refractivity (Wildman–Crippen MR) is 95.4 cm³/mol. The molecule has 150 valence electrons. The summed E-state index contributed by atoms with van der Waals surface area (Å²) in [6, 6.07) is 9.99. The molecule has 0 saturated carbocycles. The number of nitro groups is 1. The molecule has 1 atom stereocenters. The molecule has 0 aliphatic heterocycles. The summed E-state index contributed by atoms with van der Waals surface area (Å²) < 4.78 is 45.8. The topological polar surface area (TPSA) is 114 Å². The third-order valence-electron chi connectivity index (χ3n) is 3.58. The van der Waals surface area contributed by atoms with Crippen molar-refractivity contribution in [1.29, 1.82) is 0 Å². The van der Waals surface area contributed by atoms with Crippen molar-refractivity contribution >= 4 is 19.3 Å². The Morgan fingerprint density at radius 3 is 2.39 bits per heavy atom. The number of rotatable bonds is 9. The molecule has 0 fully saturated rings. The largest absolute Gasteiger partial charge is 0.482 e. The minimum Gasteiger partial charge on any atom is -0.482 e. The Hall–Kier alpha value is -2.81. The van der Waals surface area contributed by atoms with Crippen LogP contribution in [0.4, 0.5) is 10.1 Å². The molecule has 28 heavy (non-hydrogen) atoms. The predicted octanol–water partition coefficient (Wildman–Crippen LogP) is 3.84. The monoisotopic (exact) mass is 413 g/mol. The number of hydrogen-bond donors (Lipinski definition) is 0. The van der Waals surface area contributed by atoms with E-state index >= 15 is 0 Å². The number of benzene rings is 2. The maximum atomic E-state index is 12.9. The van der Waals surface area contributed by atoms with Gasteiger partial charge in [0.05, 0.1) is 4.92 Å². The molecule has 0 N–H and O–H groups in total. The number of non-ortho nitro benzene ring substituents is 1. The summed E-state index contributed by atoms with van der Waals surface area (Å²) >= 11 is 0. The third kappa shape index (κ3) is 5.35. The number of carbonyl (C=O) groups excluding carboxylic acids is 1. The molecule has 2 aromatic rings. The fourth-order valence-electron chi connectivity index (χ4n) is 2.20. The first kappa shape index (κ1) is 21.5. The molecule has 0 spiro atoms. The summed E-state index contributed by atoms with van der Waals surface area (Å²) in [7, 11) is -1.80. The van der Waals surface area contributed by atoms with Gasteiger partial charge in [-0.05, 0) is 24.3 Å². The first-order valence-electron chi connectivity index (χ1n) is 7.82. The van der Waals surface area contributed by atoms with E-state index < -0.39 is 36.8 Å². The highest BCUT2D eigenvalue weighted by Crippen LogP contribution is 2.60. The average Bonchev–Trinajstić information content (AvgIpc) is 2.71. The van der Waals surface area contributed by atoms with Gasteiger partial charge in [-0.25, -0.2) is 9.18 Å². The standard InChI is InChI=1S/C17H17FNO8P/c1-24-28(23,25-2)17(12-4-3-5-14(10-12)19(21)22)27-16(20)11-26-15-8-6-13(18)7-9-15/h3-10,17H,11H2,1-2H3. The van der Waals surface area contributed by atoms with Crippen molar-refractivity contribution in [3.05, 3.63) is 70.0 Å². The number of carbonyl (C=O) groups is 1. The molecule has 0 bridgehead atoms. The van der Waals surface area contributed by atoms with Gasteiger partial charge < -0.3 is 18.5 Å². The van der Waals surface area contributed by atoms with Crippen molar-refractivity contribution in [2.24, 2.45) is 0 Å². The molecule has 0 aliphatic rings. The highest BCUT2D eigenvalue weighted by atomic mass is 31.2. The number of nitrogens with zero attached hydrogens (tertiary/aromatic N) is 1. The molecule has 2 rings (SSSR count). The lowest BCUT2D eigenvalue weighted by Gasteiger charge is -2.24. The van der Waals surface area contributed by atoms with Crippen LogP contribution >= 0.6 is 7.60 Å². The van der Waals surface area contributed by atoms with E-state index in [1.807, 2.05) is 0 Å². The highest BCUT2D eigenvalue weighted by molar-refractivity contribution is 7.54. The van der Waals surface area contributed by atoms with Gasteiger partial charge in [0, 0.05) is 31.9 Å². The summed E-state index contributed by atoms with van der Waals surface area (Å²) in [5.41, 5.74) is -0.240. The summed E-state index contributed by atoms with van der Waals surface area (Å²) in [5.74, 6) is -2.74. The summed E-state index contributed by atoms with van der Waals surface area (Å²) in [6.07, 6.45) is 0. The third-order valence-corrected chi connectivity index (χ3v) is 5.57. The second kappa shape index (κ2) is 9.41. The molecule has 9 nitrogen and oxygen atoms in total. The highest BCUT2D eigenvalue weighted by Gasteiger charge is 2.39. The number of esters is 1. The van der Waals surface area contributed by atoms with Crippen molar-refractivity contribution < 1.29 is 37.2 Å². The average molecular weight is 413 g/mol. The lowest BCUT2D eigenvalue weighted by Crippen LogP contribution is -2.19. The lowest BCUT2D eigenvalue weighted by atomic mass is 10.2. The Balaban J connectivity index is 2.21. The van der Waals surface area contributed by atoms with Gasteiger partial charge >= 0.3 is 13.6 Å². The van der Waals surface area contributed by atoms with Crippen molar-refractivity contribution in [2.75, 3.05) is 20.8 Å². The summed E-state index contributed by atoms with van der Waals surface area (Å²) in [4.78, 5) is 22.5. The van der Waals surface area contributed by atoms with Crippen molar-refractivity contribution in [1.82, 2.24) is 0 Å². The van der Waals surface area contributed by atoms with E-state index in [1.165, 1.54) is 30.3 Å². The van der Waals surface area contributed by atoms with Gasteiger partial charge in [-0.15, -0.1) is 0 Å². The van der Waals surface area contributed by atoms with Crippen LogP contribution in [0.5, 0.6) is 5.75 Å². The first-order valence-corrected chi connectivity index (χ1v) is 9.43. The SMILES string of the molecule is COP(=O)(OC)C(OC(=O)COc1ccc(F)cc1)c1cccc([N+](=O)[O-])c1. The van der Waals surface area contributed by atoms with Crippen molar-refractivity contribution in [3.8, 4) is 5.75 Å². The van der Waals surface area contributed by atoms with Gasteiger partial charge in [-0.1, -0.05) is 12.1 Å². The van der Waals surface area contributed by atoms with Gasteiger partial charge in [0.15, 0.2) is 6.61 Å². The van der Waals surface area contributed by atoms with Gasteiger partial charge in [0.25, 0.3) is 5.69 Å². The molecule has 0 aromatic heterocycles. The van der Waals surface area contributed by atoms with Gasteiger partial charge in [-0.3, -0.25) is 14.7 Å². The van der Waals surface area contributed by atoms with E-state index in [-0.39, 0.29) is 17.0 Å². The van der Waals surface area contributed by atoms with Crippen molar-refractivity contribution in [2.45, 2.75) is 5.85 Å². The fourth-order valence-corrected chi connectivity index (χ4v) is 3.51. The minimum absolute atomic E-state index is 0.0522. The van der Waals surface area contributed by atoms with Crippen LogP contribution in [0, 0.1) is 15.9 Å². The maximum absolute atomic E-state index is 12.9. The fraction of sp³-hybridized carbons (Fsp3) is 0.235. The quantitative estimate of drug-likeness (QED) is 0.264. The van der Waals surface area contributed by atoms with Gasteiger partial charge in [-0.2, -0.15) is 0 Å². The van der Waals surface area contributed by atoms with Gasteiger partial charge in [0.1, 0.15) is 11.6 Å². The Bertz CT molecular complexity index is 881. The molecular weight excluding hydrogens is 396 g/mol. The van der Waals surface area contributed by atoms with Crippen LogP contribution in [-0.2, 0) is 23.1 Å². The lowest BCUT2D eigenvalue weighted by molar-refractivity contribution is -0.385. The smallest absolute Gasteiger partial charge is 0.375 e. The minimum atomic E-state index is -3.99. The normalized spacial score (nSPS) is 12.2.